The van der Waals surface area contributed by atoms with E-state index in [9.17, 15) is 4.79 Å². The Morgan fingerprint density at radius 3 is 2.64 bits per heavy atom. The van der Waals surface area contributed by atoms with Crippen LogP contribution in [0.5, 0.6) is 11.5 Å². The first-order valence-electron chi connectivity index (χ1n) is 6.39. The summed E-state index contributed by atoms with van der Waals surface area (Å²) < 4.78 is 7.29. The van der Waals surface area contributed by atoms with Crippen molar-refractivity contribution in [2.24, 2.45) is 0 Å². The SMILES string of the molecule is O=C1NC(=S)S/C1=C\c1ccc(Br)cc1Oc1ccccc1. The van der Waals surface area contributed by atoms with Crippen molar-refractivity contribution in [3.8, 4) is 11.5 Å². The molecule has 1 fully saturated rings. The summed E-state index contributed by atoms with van der Waals surface area (Å²) in [5.41, 5.74) is 0.814. The van der Waals surface area contributed by atoms with E-state index in [2.05, 4.69) is 21.2 Å². The molecule has 110 valence electrons. The van der Waals surface area contributed by atoms with E-state index in [1.807, 2.05) is 48.5 Å². The third kappa shape index (κ3) is 3.58. The first kappa shape index (κ1) is 15.3. The summed E-state index contributed by atoms with van der Waals surface area (Å²) in [5, 5.41) is 2.60. The van der Waals surface area contributed by atoms with Crippen molar-refractivity contribution in [3.05, 3.63) is 63.5 Å². The lowest BCUT2D eigenvalue weighted by Crippen LogP contribution is -2.17. The summed E-state index contributed by atoms with van der Waals surface area (Å²) in [4.78, 5) is 12.3. The molecule has 1 saturated heterocycles. The fourth-order valence-corrected chi connectivity index (χ4v) is 3.27. The van der Waals surface area contributed by atoms with Gasteiger partial charge in [-0.15, -0.1) is 0 Å². The summed E-state index contributed by atoms with van der Waals surface area (Å²) in [6.07, 6.45) is 1.78. The van der Waals surface area contributed by atoms with Gasteiger partial charge in [0.25, 0.3) is 5.91 Å². The van der Waals surface area contributed by atoms with Crippen LogP contribution in [0.4, 0.5) is 0 Å². The van der Waals surface area contributed by atoms with Crippen LogP contribution in [0, 0.1) is 0 Å². The predicted octanol–water partition coefficient (Wildman–Crippen LogP) is 4.73. The molecule has 1 aliphatic heterocycles. The number of hydrogen-bond acceptors (Lipinski definition) is 4. The maximum Gasteiger partial charge on any atom is 0.263 e. The molecular formula is C16H10BrNO2S2. The summed E-state index contributed by atoms with van der Waals surface area (Å²) in [6.45, 7) is 0. The van der Waals surface area contributed by atoms with Crippen LogP contribution in [0.3, 0.4) is 0 Å². The third-order valence-electron chi connectivity index (χ3n) is 2.88. The van der Waals surface area contributed by atoms with Gasteiger partial charge in [-0.1, -0.05) is 64.2 Å². The summed E-state index contributed by atoms with van der Waals surface area (Å²) >= 11 is 9.69. The second kappa shape index (κ2) is 6.64. The van der Waals surface area contributed by atoms with Crippen molar-refractivity contribution in [1.29, 1.82) is 0 Å². The molecule has 1 N–H and O–H groups in total. The lowest BCUT2D eigenvalue weighted by molar-refractivity contribution is -0.115. The number of halogens is 1. The largest absolute Gasteiger partial charge is 0.457 e. The fraction of sp³-hybridized carbons (Fsp3) is 0. The number of thioether (sulfide) groups is 1. The molecule has 2 aromatic rings. The highest BCUT2D eigenvalue weighted by Gasteiger charge is 2.22. The molecule has 1 heterocycles. The van der Waals surface area contributed by atoms with Gasteiger partial charge in [-0.2, -0.15) is 0 Å². The number of ether oxygens (including phenoxy) is 1. The Labute approximate surface area is 145 Å². The van der Waals surface area contributed by atoms with Gasteiger partial charge in [0.15, 0.2) is 0 Å². The molecular weight excluding hydrogens is 382 g/mol. The second-order valence-corrected chi connectivity index (χ2v) is 7.08. The van der Waals surface area contributed by atoms with E-state index in [1.165, 1.54) is 11.8 Å². The first-order chi connectivity index (χ1) is 10.6. The Kier molecular flexibility index (Phi) is 4.61. The van der Waals surface area contributed by atoms with Crippen LogP contribution >= 0.6 is 39.9 Å². The first-order valence-corrected chi connectivity index (χ1v) is 8.41. The molecule has 0 saturated carbocycles. The van der Waals surface area contributed by atoms with Gasteiger partial charge in [0.1, 0.15) is 15.8 Å². The number of thiocarbonyl (C=S) groups is 1. The average Bonchev–Trinajstić information content (AvgIpc) is 2.81. The standard InChI is InChI=1S/C16H10BrNO2S2/c17-11-7-6-10(8-14-15(19)18-16(21)22-14)13(9-11)20-12-4-2-1-3-5-12/h1-9H,(H,18,19,21)/b14-8-. The number of benzene rings is 2. The van der Waals surface area contributed by atoms with Gasteiger partial charge in [-0.25, -0.2) is 0 Å². The van der Waals surface area contributed by atoms with E-state index in [0.717, 1.165) is 15.8 Å². The van der Waals surface area contributed by atoms with Crippen LogP contribution in [-0.2, 0) is 4.79 Å². The summed E-state index contributed by atoms with van der Waals surface area (Å²) in [5.74, 6) is 1.22. The quantitative estimate of drug-likeness (QED) is 0.606. The summed E-state index contributed by atoms with van der Waals surface area (Å²) in [6, 6.07) is 15.2. The lowest BCUT2D eigenvalue weighted by Gasteiger charge is -2.09. The molecule has 0 aliphatic carbocycles. The normalized spacial score (nSPS) is 16.0. The van der Waals surface area contributed by atoms with E-state index in [-0.39, 0.29) is 5.91 Å². The fourth-order valence-electron chi connectivity index (χ4n) is 1.89. The van der Waals surface area contributed by atoms with E-state index in [0.29, 0.717) is 15.0 Å². The maximum absolute atomic E-state index is 11.8. The van der Waals surface area contributed by atoms with Crippen molar-refractivity contribution in [3.63, 3.8) is 0 Å². The van der Waals surface area contributed by atoms with Crippen molar-refractivity contribution in [1.82, 2.24) is 5.32 Å². The van der Waals surface area contributed by atoms with Crippen molar-refractivity contribution in [2.75, 3.05) is 0 Å². The van der Waals surface area contributed by atoms with Crippen LogP contribution in [0.2, 0.25) is 0 Å². The Bertz CT molecular complexity index is 775. The topological polar surface area (TPSA) is 38.3 Å². The molecule has 3 nitrogen and oxygen atoms in total. The van der Waals surface area contributed by atoms with Crippen molar-refractivity contribution < 1.29 is 9.53 Å². The van der Waals surface area contributed by atoms with Gasteiger partial charge in [0.2, 0.25) is 0 Å². The second-order valence-electron chi connectivity index (χ2n) is 4.45. The number of nitrogens with one attached hydrogen (secondary N) is 1. The molecule has 0 unspecified atom stereocenters. The van der Waals surface area contributed by atoms with Crippen molar-refractivity contribution in [2.45, 2.75) is 0 Å². The van der Waals surface area contributed by atoms with Crippen molar-refractivity contribution >= 4 is 56.2 Å². The minimum Gasteiger partial charge on any atom is -0.457 e. The average molecular weight is 392 g/mol. The predicted molar refractivity (Wildman–Crippen MR) is 97.0 cm³/mol. The summed E-state index contributed by atoms with van der Waals surface area (Å²) in [7, 11) is 0. The van der Waals surface area contributed by atoms with Crippen LogP contribution in [0.15, 0.2) is 57.9 Å². The highest BCUT2D eigenvalue weighted by Crippen LogP contribution is 2.33. The Balaban J connectivity index is 1.96. The molecule has 0 aromatic heterocycles. The van der Waals surface area contributed by atoms with Gasteiger partial charge in [-0.3, -0.25) is 4.79 Å². The minimum atomic E-state index is -0.177. The number of carbonyl (C=O) groups excluding carboxylic acids is 1. The van der Waals surface area contributed by atoms with Crippen LogP contribution in [-0.4, -0.2) is 10.2 Å². The molecule has 3 rings (SSSR count). The molecule has 6 heteroatoms. The molecule has 1 amide bonds. The van der Waals surface area contributed by atoms with Gasteiger partial charge < -0.3 is 10.1 Å². The molecule has 0 atom stereocenters. The van der Waals surface area contributed by atoms with E-state index < -0.39 is 0 Å². The maximum atomic E-state index is 11.8. The minimum absolute atomic E-state index is 0.177. The molecule has 2 aromatic carbocycles. The zero-order valence-corrected chi connectivity index (χ0v) is 14.4. The number of rotatable bonds is 3. The highest BCUT2D eigenvalue weighted by molar-refractivity contribution is 9.10. The molecule has 0 radical (unpaired) electrons. The number of carbonyl (C=O) groups is 1. The molecule has 0 bridgehead atoms. The van der Waals surface area contributed by atoms with Gasteiger partial charge in [0, 0.05) is 10.0 Å². The monoisotopic (exact) mass is 391 g/mol. The van der Waals surface area contributed by atoms with E-state index >= 15 is 0 Å². The van der Waals surface area contributed by atoms with Crippen LogP contribution in [0.25, 0.3) is 6.08 Å². The van der Waals surface area contributed by atoms with Crippen LogP contribution in [0.1, 0.15) is 5.56 Å². The zero-order valence-electron chi connectivity index (χ0n) is 11.2. The molecule has 0 spiro atoms. The highest BCUT2D eigenvalue weighted by atomic mass is 79.9. The third-order valence-corrected chi connectivity index (χ3v) is 4.53. The smallest absolute Gasteiger partial charge is 0.263 e. The Hall–Kier alpha value is -1.63. The zero-order chi connectivity index (χ0) is 15.5. The molecule has 22 heavy (non-hydrogen) atoms. The van der Waals surface area contributed by atoms with E-state index in [1.54, 1.807) is 6.08 Å². The number of para-hydroxylation sites is 1. The lowest BCUT2D eigenvalue weighted by atomic mass is 10.2. The van der Waals surface area contributed by atoms with Crippen LogP contribution < -0.4 is 10.1 Å². The van der Waals surface area contributed by atoms with Gasteiger partial charge in [-0.05, 0) is 30.3 Å². The van der Waals surface area contributed by atoms with Gasteiger partial charge >= 0.3 is 0 Å². The number of amides is 1. The van der Waals surface area contributed by atoms with Gasteiger partial charge in [0.05, 0.1) is 4.91 Å². The van der Waals surface area contributed by atoms with E-state index in [4.69, 9.17) is 17.0 Å². The number of hydrogen-bond donors (Lipinski definition) is 1. The Morgan fingerprint density at radius 1 is 1.18 bits per heavy atom. The molecule has 1 aliphatic rings. The Morgan fingerprint density at radius 2 is 1.95 bits per heavy atom.